The molecule has 1 heterocycles. The summed E-state index contributed by atoms with van der Waals surface area (Å²) in [5.74, 6) is 0. The first-order chi connectivity index (χ1) is 7.39. The maximum absolute atomic E-state index is 5.87. The Hall–Kier alpha value is -0.315. The molecule has 0 aromatic rings. The van der Waals surface area contributed by atoms with Crippen LogP contribution in [0.2, 0.25) is 6.32 Å². The van der Waals surface area contributed by atoms with Gasteiger partial charge in [-0.05, 0) is 40.4 Å². The van der Waals surface area contributed by atoms with Gasteiger partial charge in [0.25, 0.3) is 0 Å². The Morgan fingerprint density at radius 3 is 2.25 bits per heavy atom. The summed E-state index contributed by atoms with van der Waals surface area (Å²) in [4.78, 5) is 0. The molecule has 0 bridgehead atoms. The molecule has 3 nitrogen and oxygen atoms in total. The first kappa shape index (κ1) is 13.7. The molecule has 0 unspecified atom stereocenters. The minimum absolute atomic E-state index is 0.0997. The second-order valence-corrected chi connectivity index (χ2v) is 5.19. The SMILES string of the molecule is C=CCOCCCB1OC(C)(C)C(C)(C)O1. The van der Waals surface area contributed by atoms with Crippen molar-refractivity contribution in [3.8, 4) is 0 Å². The zero-order valence-electron chi connectivity index (χ0n) is 10.9. The molecule has 0 amide bonds. The summed E-state index contributed by atoms with van der Waals surface area (Å²) in [6, 6.07) is 0. The lowest BCUT2D eigenvalue weighted by Crippen LogP contribution is -2.41. The maximum Gasteiger partial charge on any atom is 0.457 e. The zero-order chi connectivity index (χ0) is 12.2. The Balaban J connectivity index is 2.24. The Morgan fingerprint density at radius 2 is 1.75 bits per heavy atom. The Morgan fingerprint density at radius 1 is 1.19 bits per heavy atom. The number of rotatable bonds is 6. The average Bonchev–Trinajstić information content (AvgIpc) is 2.35. The normalized spacial score (nSPS) is 22.4. The van der Waals surface area contributed by atoms with E-state index in [9.17, 15) is 0 Å². The highest BCUT2D eigenvalue weighted by atomic mass is 16.7. The van der Waals surface area contributed by atoms with Crippen molar-refractivity contribution < 1.29 is 14.0 Å². The molecule has 92 valence electrons. The molecule has 0 N–H and O–H groups in total. The summed E-state index contributed by atoms with van der Waals surface area (Å²) in [7, 11) is -0.0997. The van der Waals surface area contributed by atoms with E-state index in [2.05, 4.69) is 34.3 Å². The third kappa shape index (κ3) is 3.34. The minimum atomic E-state index is -0.223. The van der Waals surface area contributed by atoms with E-state index in [4.69, 9.17) is 14.0 Å². The van der Waals surface area contributed by atoms with E-state index in [0.29, 0.717) is 6.61 Å². The van der Waals surface area contributed by atoms with Crippen LogP contribution in [-0.4, -0.2) is 31.5 Å². The Kier molecular flexibility index (Phi) is 4.59. The van der Waals surface area contributed by atoms with Crippen molar-refractivity contribution in [3.05, 3.63) is 12.7 Å². The summed E-state index contributed by atoms with van der Waals surface area (Å²) in [5, 5.41) is 0. The fraction of sp³-hybridized carbons (Fsp3) is 0.833. The summed E-state index contributed by atoms with van der Waals surface area (Å²) in [6.45, 7) is 13.2. The first-order valence-corrected chi connectivity index (χ1v) is 5.93. The van der Waals surface area contributed by atoms with Gasteiger partial charge in [0.2, 0.25) is 0 Å². The fourth-order valence-electron chi connectivity index (χ4n) is 1.60. The molecule has 0 aromatic heterocycles. The lowest BCUT2D eigenvalue weighted by atomic mass is 9.83. The number of hydrogen-bond acceptors (Lipinski definition) is 3. The third-order valence-corrected chi connectivity index (χ3v) is 3.27. The lowest BCUT2D eigenvalue weighted by molar-refractivity contribution is 0.00578. The van der Waals surface area contributed by atoms with Crippen LogP contribution in [-0.2, 0) is 14.0 Å². The van der Waals surface area contributed by atoms with Crippen LogP contribution in [0.4, 0.5) is 0 Å². The number of hydrogen-bond donors (Lipinski definition) is 0. The van der Waals surface area contributed by atoms with Gasteiger partial charge in [-0.1, -0.05) is 6.08 Å². The quantitative estimate of drug-likeness (QED) is 0.396. The molecular weight excluding hydrogens is 203 g/mol. The van der Waals surface area contributed by atoms with Gasteiger partial charge >= 0.3 is 7.12 Å². The molecule has 0 aromatic carbocycles. The van der Waals surface area contributed by atoms with Gasteiger partial charge in [0, 0.05) is 6.61 Å². The van der Waals surface area contributed by atoms with Gasteiger partial charge in [0.15, 0.2) is 0 Å². The highest BCUT2D eigenvalue weighted by molar-refractivity contribution is 6.45. The van der Waals surface area contributed by atoms with Crippen LogP contribution in [0.25, 0.3) is 0 Å². The van der Waals surface area contributed by atoms with E-state index < -0.39 is 0 Å². The summed E-state index contributed by atoms with van der Waals surface area (Å²) >= 11 is 0. The minimum Gasteiger partial charge on any atom is -0.403 e. The first-order valence-electron chi connectivity index (χ1n) is 5.93. The standard InChI is InChI=1S/C12H23BO3/c1-6-9-14-10-7-8-13-15-11(2,3)12(4,5)16-13/h6H,1,7-10H2,2-5H3. The topological polar surface area (TPSA) is 27.7 Å². The summed E-state index contributed by atoms with van der Waals surface area (Å²) < 4.78 is 17.1. The van der Waals surface area contributed by atoms with E-state index in [1.165, 1.54) is 0 Å². The largest absolute Gasteiger partial charge is 0.457 e. The van der Waals surface area contributed by atoms with Crippen LogP contribution in [0, 0.1) is 0 Å². The van der Waals surface area contributed by atoms with E-state index in [1.54, 1.807) is 6.08 Å². The van der Waals surface area contributed by atoms with Crippen LogP contribution in [0.3, 0.4) is 0 Å². The van der Waals surface area contributed by atoms with Gasteiger partial charge in [-0.15, -0.1) is 6.58 Å². The molecule has 1 aliphatic rings. The van der Waals surface area contributed by atoms with Crippen molar-refractivity contribution >= 4 is 7.12 Å². The molecule has 1 rings (SSSR count). The maximum atomic E-state index is 5.87. The van der Waals surface area contributed by atoms with Crippen LogP contribution in [0.1, 0.15) is 34.1 Å². The summed E-state index contributed by atoms with van der Waals surface area (Å²) in [5.41, 5.74) is -0.445. The van der Waals surface area contributed by atoms with Gasteiger partial charge in [-0.3, -0.25) is 0 Å². The molecule has 16 heavy (non-hydrogen) atoms. The van der Waals surface area contributed by atoms with E-state index >= 15 is 0 Å². The Labute approximate surface area is 99.3 Å². The smallest absolute Gasteiger partial charge is 0.403 e. The molecule has 0 radical (unpaired) electrons. The lowest BCUT2D eigenvalue weighted by Gasteiger charge is -2.32. The van der Waals surface area contributed by atoms with Gasteiger partial charge in [0.1, 0.15) is 0 Å². The molecule has 0 saturated carbocycles. The fourth-order valence-corrected chi connectivity index (χ4v) is 1.60. The molecular formula is C12H23BO3. The van der Waals surface area contributed by atoms with Crippen LogP contribution >= 0.6 is 0 Å². The zero-order valence-corrected chi connectivity index (χ0v) is 10.9. The van der Waals surface area contributed by atoms with Crippen molar-refractivity contribution in [1.29, 1.82) is 0 Å². The number of ether oxygens (including phenoxy) is 1. The van der Waals surface area contributed by atoms with Crippen molar-refractivity contribution in [3.63, 3.8) is 0 Å². The van der Waals surface area contributed by atoms with Gasteiger partial charge in [-0.2, -0.15) is 0 Å². The third-order valence-electron chi connectivity index (χ3n) is 3.27. The molecule has 1 fully saturated rings. The Bertz CT molecular complexity index is 222. The highest BCUT2D eigenvalue weighted by Crippen LogP contribution is 2.37. The molecule has 0 spiro atoms. The molecule has 0 atom stereocenters. The molecule has 0 aliphatic carbocycles. The van der Waals surface area contributed by atoms with Crippen molar-refractivity contribution in [2.45, 2.75) is 51.6 Å². The van der Waals surface area contributed by atoms with Crippen molar-refractivity contribution in [2.24, 2.45) is 0 Å². The second kappa shape index (κ2) is 5.34. The van der Waals surface area contributed by atoms with Crippen molar-refractivity contribution in [2.75, 3.05) is 13.2 Å². The molecule has 4 heteroatoms. The second-order valence-electron chi connectivity index (χ2n) is 5.19. The van der Waals surface area contributed by atoms with Crippen LogP contribution < -0.4 is 0 Å². The predicted molar refractivity (Wildman–Crippen MR) is 66.5 cm³/mol. The monoisotopic (exact) mass is 226 g/mol. The molecule has 1 saturated heterocycles. The highest BCUT2D eigenvalue weighted by Gasteiger charge is 2.50. The average molecular weight is 226 g/mol. The van der Waals surface area contributed by atoms with Gasteiger partial charge in [-0.25, -0.2) is 0 Å². The van der Waals surface area contributed by atoms with Crippen molar-refractivity contribution in [1.82, 2.24) is 0 Å². The predicted octanol–water partition coefficient (Wildman–Crippen LogP) is 2.67. The van der Waals surface area contributed by atoms with Gasteiger partial charge < -0.3 is 14.0 Å². The summed E-state index contributed by atoms with van der Waals surface area (Å²) in [6.07, 6.45) is 3.59. The van der Waals surface area contributed by atoms with Gasteiger partial charge in [0.05, 0.1) is 17.8 Å². The van der Waals surface area contributed by atoms with Crippen LogP contribution in [0.5, 0.6) is 0 Å². The van der Waals surface area contributed by atoms with E-state index in [-0.39, 0.29) is 18.3 Å². The molecule has 1 aliphatic heterocycles. The van der Waals surface area contributed by atoms with Crippen LogP contribution in [0.15, 0.2) is 12.7 Å². The van der Waals surface area contributed by atoms with E-state index in [0.717, 1.165) is 19.3 Å². The van der Waals surface area contributed by atoms with E-state index in [1.807, 2.05) is 0 Å².